The number of benzene rings is 2. The number of rotatable bonds is 8. The summed E-state index contributed by atoms with van der Waals surface area (Å²) in [5.74, 6) is -0.0798. The van der Waals surface area contributed by atoms with Crippen LogP contribution in [0.25, 0.3) is 16.9 Å². The Labute approximate surface area is 180 Å². The maximum atomic E-state index is 13.2. The first-order valence-electron chi connectivity index (χ1n) is 9.63. The van der Waals surface area contributed by atoms with Gasteiger partial charge in [0.2, 0.25) is 0 Å². The van der Waals surface area contributed by atoms with Crippen LogP contribution < -0.4 is 5.32 Å². The van der Waals surface area contributed by atoms with Gasteiger partial charge in [-0.15, -0.1) is 0 Å². The van der Waals surface area contributed by atoms with Gasteiger partial charge in [-0.25, -0.2) is 9.48 Å². The molecule has 0 bridgehead atoms. The minimum atomic E-state index is -0.708. The fourth-order valence-corrected chi connectivity index (χ4v) is 3.59. The number of carbonyl (C=O) groups excluding carboxylic acids is 2. The number of para-hydroxylation sites is 1. The topological polar surface area (TPSA) is 73.2 Å². The first-order valence-corrected chi connectivity index (χ1v) is 11.0. The van der Waals surface area contributed by atoms with E-state index in [-0.39, 0.29) is 5.91 Å². The van der Waals surface area contributed by atoms with E-state index in [2.05, 4.69) is 10.4 Å². The van der Waals surface area contributed by atoms with Gasteiger partial charge >= 0.3 is 5.97 Å². The fraction of sp³-hybridized carbons (Fsp3) is 0.261. The molecule has 3 rings (SSSR count). The molecule has 1 heterocycles. The minimum absolute atomic E-state index is 0.356. The average Bonchev–Trinajstić information content (AvgIpc) is 3.22. The molecule has 0 fully saturated rings. The molecular weight excluding hydrogens is 398 g/mol. The molecule has 156 valence electrons. The highest BCUT2D eigenvalue weighted by atomic mass is 32.2. The van der Waals surface area contributed by atoms with Crippen molar-refractivity contribution in [2.24, 2.45) is 0 Å². The standard InChI is InChI=1S/C23H25N3O3S/c1-16-8-7-9-17(14-16)21-19(15-26(25-21)18-10-5-4-6-11-18)22(27)24-20(12-13-30-3)23(28)29-2/h4-11,14-15,20H,12-13H2,1-3H3,(H,24,27)/t20-/m1/s1. The molecule has 1 N–H and O–H groups in total. The average molecular weight is 424 g/mol. The summed E-state index contributed by atoms with van der Waals surface area (Å²) in [5, 5.41) is 7.51. The molecule has 3 aromatic rings. The monoisotopic (exact) mass is 423 g/mol. The number of nitrogens with zero attached hydrogens (tertiary/aromatic N) is 2. The lowest BCUT2D eigenvalue weighted by molar-refractivity contribution is -0.142. The highest BCUT2D eigenvalue weighted by Crippen LogP contribution is 2.25. The predicted octanol–water partition coefficient (Wildman–Crippen LogP) is 3.87. The van der Waals surface area contributed by atoms with Gasteiger partial charge in [0.1, 0.15) is 11.7 Å². The second-order valence-electron chi connectivity index (χ2n) is 6.87. The number of nitrogens with one attached hydrogen (secondary N) is 1. The van der Waals surface area contributed by atoms with Gasteiger partial charge < -0.3 is 10.1 Å². The maximum Gasteiger partial charge on any atom is 0.328 e. The molecule has 1 amide bonds. The summed E-state index contributed by atoms with van der Waals surface area (Å²) in [7, 11) is 1.33. The molecule has 1 atom stereocenters. The lowest BCUT2D eigenvalue weighted by atomic mass is 10.0. The molecule has 0 spiro atoms. The molecule has 0 aliphatic heterocycles. The van der Waals surface area contributed by atoms with Gasteiger partial charge in [-0.2, -0.15) is 16.9 Å². The smallest absolute Gasteiger partial charge is 0.328 e. The molecule has 0 aliphatic carbocycles. The number of aromatic nitrogens is 2. The largest absolute Gasteiger partial charge is 0.467 e. The summed E-state index contributed by atoms with van der Waals surface area (Å²) in [6.07, 6.45) is 4.15. The Hall–Kier alpha value is -3.06. The number of hydrogen-bond acceptors (Lipinski definition) is 5. The second kappa shape index (κ2) is 10.1. The molecule has 0 radical (unpaired) electrons. The van der Waals surface area contributed by atoms with Gasteiger partial charge in [0, 0.05) is 11.8 Å². The quantitative estimate of drug-likeness (QED) is 0.557. The Bertz CT molecular complexity index is 1020. The van der Waals surface area contributed by atoms with E-state index in [1.807, 2.05) is 67.8 Å². The van der Waals surface area contributed by atoms with Crippen LogP contribution in [-0.4, -0.2) is 46.8 Å². The Balaban J connectivity index is 2.00. The van der Waals surface area contributed by atoms with Crippen molar-refractivity contribution in [2.45, 2.75) is 19.4 Å². The summed E-state index contributed by atoms with van der Waals surface area (Å²) >= 11 is 1.61. The summed E-state index contributed by atoms with van der Waals surface area (Å²) in [4.78, 5) is 25.3. The van der Waals surface area contributed by atoms with E-state index in [1.54, 1.807) is 22.6 Å². The SMILES string of the molecule is COC(=O)[C@@H](CCSC)NC(=O)c1cn(-c2ccccc2)nc1-c1cccc(C)c1. The fourth-order valence-electron chi connectivity index (χ4n) is 3.12. The Kier molecular flexibility index (Phi) is 7.30. The summed E-state index contributed by atoms with van der Waals surface area (Å²) < 4.78 is 6.55. The van der Waals surface area contributed by atoms with Gasteiger partial charge in [-0.3, -0.25) is 4.79 Å². The third-order valence-electron chi connectivity index (χ3n) is 4.67. The lowest BCUT2D eigenvalue weighted by Crippen LogP contribution is -2.42. The number of esters is 1. The van der Waals surface area contributed by atoms with Gasteiger partial charge in [0.05, 0.1) is 18.4 Å². The minimum Gasteiger partial charge on any atom is -0.467 e. The first kappa shape index (κ1) is 21.6. The van der Waals surface area contributed by atoms with E-state index >= 15 is 0 Å². The van der Waals surface area contributed by atoms with Gasteiger partial charge in [0.15, 0.2) is 0 Å². The lowest BCUT2D eigenvalue weighted by Gasteiger charge is -2.16. The normalized spacial score (nSPS) is 11.7. The van der Waals surface area contributed by atoms with E-state index in [0.29, 0.717) is 17.7 Å². The van der Waals surface area contributed by atoms with Crippen molar-refractivity contribution in [3.05, 3.63) is 71.9 Å². The zero-order valence-corrected chi connectivity index (χ0v) is 18.1. The summed E-state index contributed by atoms with van der Waals surface area (Å²) in [5.41, 5.74) is 3.72. The van der Waals surface area contributed by atoms with Crippen LogP contribution in [-0.2, 0) is 9.53 Å². The van der Waals surface area contributed by atoms with Crippen molar-refractivity contribution >= 4 is 23.6 Å². The molecule has 0 unspecified atom stereocenters. The Morgan fingerprint density at radius 1 is 1.17 bits per heavy atom. The third-order valence-corrected chi connectivity index (χ3v) is 5.32. The zero-order chi connectivity index (χ0) is 21.5. The first-order chi connectivity index (χ1) is 14.5. The molecule has 1 aromatic heterocycles. The molecule has 6 nitrogen and oxygen atoms in total. The van der Waals surface area contributed by atoms with Gasteiger partial charge in [-0.05, 0) is 43.6 Å². The molecule has 0 aliphatic rings. The highest BCUT2D eigenvalue weighted by molar-refractivity contribution is 7.98. The molecular formula is C23H25N3O3S. The van der Waals surface area contributed by atoms with E-state index < -0.39 is 12.0 Å². The van der Waals surface area contributed by atoms with Crippen LogP contribution in [0.15, 0.2) is 60.8 Å². The van der Waals surface area contributed by atoms with Gasteiger partial charge in [0.25, 0.3) is 5.91 Å². The summed E-state index contributed by atoms with van der Waals surface area (Å²) in [6, 6.07) is 16.7. The van der Waals surface area contributed by atoms with Crippen LogP contribution in [0.5, 0.6) is 0 Å². The van der Waals surface area contributed by atoms with Crippen LogP contribution in [0.1, 0.15) is 22.3 Å². The second-order valence-corrected chi connectivity index (χ2v) is 7.86. The molecule has 2 aromatic carbocycles. The van der Waals surface area contributed by atoms with Crippen molar-refractivity contribution in [1.29, 1.82) is 0 Å². The highest BCUT2D eigenvalue weighted by Gasteiger charge is 2.25. The van der Waals surface area contributed by atoms with Crippen molar-refractivity contribution in [1.82, 2.24) is 15.1 Å². The third kappa shape index (κ3) is 5.10. The van der Waals surface area contributed by atoms with Gasteiger partial charge in [-0.1, -0.05) is 42.0 Å². The number of amides is 1. The summed E-state index contributed by atoms with van der Waals surface area (Å²) in [6.45, 7) is 1.99. The predicted molar refractivity (Wildman–Crippen MR) is 120 cm³/mol. The van der Waals surface area contributed by atoms with E-state index in [9.17, 15) is 9.59 Å². The number of hydrogen-bond donors (Lipinski definition) is 1. The zero-order valence-electron chi connectivity index (χ0n) is 17.3. The molecule has 0 saturated carbocycles. The van der Waals surface area contributed by atoms with E-state index in [4.69, 9.17) is 4.74 Å². The molecule has 0 saturated heterocycles. The van der Waals surface area contributed by atoms with Crippen molar-refractivity contribution < 1.29 is 14.3 Å². The number of thioether (sulfide) groups is 1. The van der Waals surface area contributed by atoms with Crippen molar-refractivity contribution in [3.8, 4) is 16.9 Å². The van der Waals surface area contributed by atoms with Crippen LogP contribution in [0.2, 0.25) is 0 Å². The van der Waals surface area contributed by atoms with Crippen molar-refractivity contribution in [3.63, 3.8) is 0 Å². The molecule has 30 heavy (non-hydrogen) atoms. The van der Waals surface area contributed by atoms with Crippen LogP contribution in [0.3, 0.4) is 0 Å². The number of carbonyl (C=O) groups is 2. The molecule has 7 heteroatoms. The van der Waals surface area contributed by atoms with Crippen molar-refractivity contribution in [2.75, 3.05) is 19.1 Å². The van der Waals surface area contributed by atoms with E-state index in [0.717, 1.165) is 22.6 Å². The van der Waals surface area contributed by atoms with Crippen LogP contribution in [0, 0.1) is 6.92 Å². The van der Waals surface area contributed by atoms with E-state index in [1.165, 1.54) is 7.11 Å². The Morgan fingerprint density at radius 2 is 1.93 bits per heavy atom. The Morgan fingerprint density at radius 3 is 2.60 bits per heavy atom. The number of ether oxygens (including phenoxy) is 1. The number of methoxy groups -OCH3 is 1. The maximum absolute atomic E-state index is 13.2. The van der Waals surface area contributed by atoms with Crippen LogP contribution >= 0.6 is 11.8 Å². The number of aryl methyl sites for hydroxylation is 1. The van der Waals surface area contributed by atoms with Crippen LogP contribution in [0.4, 0.5) is 0 Å².